The summed E-state index contributed by atoms with van der Waals surface area (Å²) in [6, 6.07) is 7.39. The second-order valence-electron chi connectivity index (χ2n) is 4.63. The number of benzene rings is 1. The fourth-order valence-electron chi connectivity index (χ4n) is 2.38. The van der Waals surface area contributed by atoms with E-state index >= 15 is 0 Å². The van der Waals surface area contributed by atoms with Crippen molar-refractivity contribution in [1.82, 2.24) is 0 Å². The van der Waals surface area contributed by atoms with Crippen molar-refractivity contribution < 1.29 is 5.11 Å². The minimum Gasteiger partial charge on any atom is -0.507 e. The number of nitrogens with zero attached hydrogens (tertiary/aromatic N) is 1. The van der Waals surface area contributed by atoms with Crippen molar-refractivity contribution in [2.45, 2.75) is 46.0 Å². The molecule has 1 rings (SSSR count). The van der Waals surface area contributed by atoms with Crippen LogP contribution < -0.4 is 0 Å². The molecular weight excluding hydrogens is 210 g/mol. The molecule has 0 bridgehead atoms. The minimum atomic E-state index is 0.100. The molecule has 0 aromatic heterocycles. The van der Waals surface area contributed by atoms with Gasteiger partial charge in [-0.3, -0.25) is 0 Å². The molecule has 2 unspecified atom stereocenters. The molecule has 0 fully saturated rings. The normalized spacial score (nSPS) is 14.0. The van der Waals surface area contributed by atoms with E-state index in [1.165, 1.54) is 12.8 Å². The van der Waals surface area contributed by atoms with Gasteiger partial charge < -0.3 is 5.11 Å². The summed E-state index contributed by atoms with van der Waals surface area (Å²) in [5.74, 6) is 1.18. The van der Waals surface area contributed by atoms with Gasteiger partial charge in [-0.25, -0.2) is 0 Å². The number of phenolic OH excluding ortho intramolecular Hbond substituents is 1. The van der Waals surface area contributed by atoms with Crippen molar-refractivity contribution in [1.29, 1.82) is 5.26 Å². The lowest BCUT2D eigenvalue weighted by Gasteiger charge is -2.22. The fourth-order valence-corrected chi connectivity index (χ4v) is 2.38. The zero-order valence-corrected chi connectivity index (χ0v) is 10.9. The Morgan fingerprint density at radius 1 is 1.35 bits per heavy atom. The van der Waals surface area contributed by atoms with Gasteiger partial charge in [0.1, 0.15) is 11.8 Å². The van der Waals surface area contributed by atoms with E-state index in [4.69, 9.17) is 5.26 Å². The first kappa shape index (κ1) is 13.6. The Balaban J connectivity index is 2.92. The first-order valence-electron chi connectivity index (χ1n) is 6.37. The van der Waals surface area contributed by atoms with E-state index in [2.05, 4.69) is 20.8 Å². The molecule has 92 valence electrons. The van der Waals surface area contributed by atoms with Gasteiger partial charge in [-0.05, 0) is 29.5 Å². The van der Waals surface area contributed by atoms with Gasteiger partial charge in [0.25, 0.3) is 0 Å². The molecule has 0 spiro atoms. The zero-order valence-electron chi connectivity index (χ0n) is 10.9. The van der Waals surface area contributed by atoms with Gasteiger partial charge in [-0.2, -0.15) is 5.26 Å². The molecule has 1 N–H and O–H groups in total. The van der Waals surface area contributed by atoms with Crippen molar-refractivity contribution >= 4 is 0 Å². The number of nitriles is 1. The summed E-state index contributed by atoms with van der Waals surface area (Å²) in [5.41, 5.74) is 1.48. The second kappa shape index (κ2) is 6.30. The Kier molecular flexibility index (Phi) is 5.03. The van der Waals surface area contributed by atoms with E-state index in [1.54, 1.807) is 12.1 Å². The predicted molar refractivity (Wildman–Crippen MR) is 69.9 cm³/mol. The van der Waals surface area contributed by atoms with Gasteiger partial charge in [0.05, 0.1) is 5.56 Å². The van der Waals surface area contributed by atoms with Crippen LogP contribution in [0.3, 0.4) is 0 Å². The van der Waals surface area contributed by atoms with Crippen molar-refractivity contribution in [3.05, 3.63) is 29.3 Å². The SMILES string of the molecule is CCCC(CC)C(C)c1ccc(C#N)c(O)c1. The van der Waals surface area contributed by atoms with Crippen molar-refractivity contribution in [2.75, 3.05) is 0 Å². The van der Waals surface area contributed by atoms with E-state index < -0.39 is 0 Å². The van der Waals surface area contributed by atoms with Crippen molar-refractivity contribution in [2.24, 2.45) is 5.92 Å². The molecule has 0 amide bonds. The molecule has 2 heteroatoms. The molecule has 0 saturated heterocycles. The maximum absolute atomic E-state index is 9.70. The third-order valence-corrected chi connectivity index (χ3v) is 3.56. The molecule has 0 saturated carbocycles. The maximum Gasteiger partial charge on any atom is 0.133 e. The maximum atomic E-state index is 9.70. The van der Waals surface area contributed by atoms with Crippen molar-refractivity contribution in [3.8, 4) is 11.8 Å². The zero-order chi connectivity index (χ0) is 12.8. The van der Waals surface area contributed by atoms with Crippen LogP contribution in [0.25, 0.3) is 0 Å². The number of hydrogen-bond acceptors (Lipinski definition) is 2. The van der Waals surface area contributed by atoms with Gasteiger partial charge in [-0.1, -0.05) is 46.1 Å². The Morgan fingerprint density at radius 3 is 2.53 bits per heavy atom. The lowest BCUT2D eigenvalue weighted by atomic mass is 9.83. The van der Waals surface area contributed by atoms with E-state index in [9.17, 15) is 5.11 Å². The highest BCUT2D eigenvalue weighted by molar-refractivity contribution is 5.45. The van der Waals surface area contributed by atoms with Crippen LogP contribution in [0.4, 0.5) is 0 Å². The smallest absolute Gasteiger partial charge is 0.133 e. The Bertz CT molecular complexity index is 406. The number of rotatable bonds is 5. The fraction of sp³-hybridized carbons (Fsp3) is 0.533. The largest absolute Gasteiger partial charge is 0.507 e. The molecule has 0 radical (unpaired) electrons. The topological polar surface area (TPSA) is 44.0 Å². The van der Waals surface area contributed by atoms with Crippen molar-refractivity contribution in [3.63, 3.8) is 0 Å². The first-order chi connectivity index (χ1) is 8.13. The molecule has 0 aliphatic heterocycles. The predicted octanol–water partition coefficient (Wildman–Crippen LogP) is 4.19. The van der Waals surface area contributed by atoms with E-state index in [1.807, 2.05) is 12.1 Å². The lowest BCUT2D eigenvalue weighted by Crippen LogP contribution is -2.09. The number of hydrogen-bond donors (Lipinski definition) is 1. The summed E-state index contributed by atoms with van der Waals surface area (Å²) >= 11 is 0. The monoisotopic (exact) mass is 231 g/mol. The lowest BCUT2D eigenvalue weighted by molar-refractivity contribution is 0.396. The van der Waals surface area contributed by atoms with Gasteiger partial charge in [0.2, 0.25) is 0 Å². The van der Waals surface area contributed by atoms with Crippen LogP contribution in [0.15, 0.2) is 18.2 Å². The van der Waals surface area contributed by atoms with Crippen LogP contribution in [-0.4, -0.2) is 5.11 Å². The summed E-state index contributed by atoms with van der Waals surface area (Å²) in [6.07, 6.45) is 3.54. The van der Waals surface area contributed by atoms with Gasteiger partial charge in [0.15, 0.2) is 0 Å². The number of aromatic hydroxyl groups is 1. The van der Waals surface area contributed by atoms with Crippen LogP contribution >= 0.6 is 0 Å². The molecule has 1 aromatic rings. The molecule has 0 aliphatic rings. The molecule has 1 aromatic carbocycles. The Morgan fingerprint density at radius 2 is 2.06 bits per heavy atom. The van der Waals surface area contributed by atoms with Crippen LogP contribution in [0.2, 0.25) is 0 Å². The molecule has 17 heavy (non-hydrogen) atoms. The average molecular weight is 231 g/mol. The van der Waals surface area contributed by atoms with Crippen LogP contribution in [0.1, 0.15) is 57.1 Å². The summed E-state index contributed by atoms with van der Waals surface area (Å²) in [7, 11) is 0. The first-order valence-corrected chi connectivity index (χ1v) is 6.37. The highest BCUT2D eigenvalue weighted by atomic mass is 16.3. The summed E-state index contributed by atoms with van der Waals surface area (Å²) < 4.78 is 0. The van der Waals surface area contributed by atoms with E-state index in [0.29, 0.717) is 17.4 Å². The molecule has 0 heterocycles. The highest BCUT2D eigenvalue weighted by Gasteiger charge is 2.17. The van der Waals surface area contributed by atoms with Crippen LogP contribution in [0.5, 0.6) is 5.75 Å². The second-order valence-corrected chi connectivity index (χ2v) is 4.63. The molecule has 0 aliphatic carbocycles. The summed E-state index contributed by atoms with van der Waals surface area (Å²) in [4.78, 5) is 0. The molecular formula is C15H21NO. The van der Waals surface area contributed by atoms with E-state index in [0.717, 1.165) is 12.0 Å². The Hall–Kier alpha value is -1.49. The third kappa shape index (κ3) is 3.23. The minimum absolute atomic E-state index is 0.100. The standard InChI is InChI=1S/C15H21NO/c1-4-6-12(5-2)11(3)13-7-8-14(10-16)15(17)9-13/h7-9,11-12,17H,4-6H2,1-3H3. The van der Waals surface area contributed by atoms with Gasteiger partial charge in [-0.15, -0.1) is 0 Å². The molecule has 2 nitrogen and oxygen atoms in total. The van der Waals surface area contributed by atoms with Gasteiger partial charge in [0, 0.05) is 0 Å². The van der Waals surface area contributed by atoms with Crippen LogP contribution in [0, 0.1) is 17.2 Å². The molecule has 2 atom stereocenters. The average Bonchev–Trinajstić information content (AvgIpc) is 2.35. The van der Waals surface area contributed by atoms with Crippen LogP contribution in [-0.2, 0) is 0 Å². The van der Waals surface area contributed by atoms with E-state index in [-0.39, 0.29) is 5.75 Å². The quantitative estimate of drug-likeness (QED) is 0.825. The van der Waals surface area contributed by atoms with Gasteiger partial charge >= 0.3 is 0 Å². The Labute approximate surface area is 104 Å². The highest BCUT2D eigenvalue weighted by Crippen LogP contribution is 2.32. The third-order valence-electron chi connectivity index (χ3n) is 3.56. The summed E-state index contributed by atoms with van der Waals surface area (Å²) in [6.45, 7) is 6.61. The number of phenols is 1. The summed E-state index contributed by atoms with van der Waals surface area (Å²) in [5, 5.41) is 18.5.